The van der Waals surface area contributed by atoms with Gasteiger partial charge in [-0.05, 0) is 44.6 Å². The molecule has 0 saturated carbocycles. The second-order valence-electron chi connectivity index (χ2n) is 8.27. The van der Waals surface area contributed by atoms with Crippen molar-refractivity contribution in [2.75, 3.05) is 45.7 Å². The topological polar surface area (TPSA) is 86.4 Å². The Morgan fingerprint density at radius 1 is 1.38 bits per heavy atom. The van der Waals surface area contributed by atoms with E-state index in [1.165, 1.54) is 12.4 Å². The van der Waals surface area contributed by atoms with Crippen LogP contribution in [0.15, 0.2) is 48.8 Å². The minimum atomic E-state index is -0.419. The highest BCUT2D eigenvalue weighted by Crippen LogP contribution is 2.23. The first-order valence-corrected chi connectivity index (χ1v) is 11.1. The summed E-state index contributed by atoms with van der Waals surface area (Å²) in [6.45, 7) is 2.10. The van der Waals surface area contributed by atoms with Crippen LogP contribution in [0.25, 0.3) is 11.0 Å². The first-order valence-electron chi connectivity index (χ1n) is 11.1. The zero-order chi connectivity index (χ0) is 23.9. The number of halogens is 1. The second-order valence-corrected chi connectivity index (χ2v) is 8.27. The van der Waals surface area contributed by atoms with Crippen molar-refractivity contribution in [3.63, 3.8) is 0 Å². The van der Waals surface area contributed by atoms with E-state index in [1.807, 2.05) is 36.0 Å². The molecule has 1 aromatic carbocycles. The molecule has 3 aromatic rings. The molecule has 4 rings (SSSR count). The van der Waals surface area contributed by atoms with E-state index in [0.717, 1.165) is 18.4 Å². The summed E-state index contributed by atoms with van der Waals surface area (Å²) in [6.07, 6.45) is 5.84. The molecule has 1 saturated heterocycles. The number of anilines is 1. The van der Waals surface area contributed by atoms with Crippen LogP contribution in [0.2, 0.25) is 0 Å². The molecule has 1 aliphatic rings. The van der Waals surface area contributed by atoms with Crippen molar-refractivity contribution < 1.29 is 13.9 Å². The van der Waals surface area contributed by atoms with Crippen molar-refractivity contribution in [1.29, 1.82) is 0 Å². The van der Waals surface area contributed by atoms with E-state index in [1.54, 1.807) is 24.3 Å². The molecule has 2 N–H and O–H groups in total. The van der Waals surface area contributed by atoms with Crippen LogP contribution in [0.5, 0.6) is 5.75 Å². The molecular formula is C25H27FN6O2. The molecule has 0 bridgehead atoms. The normalized spacial score (nSPS) is 15.6. The number of likely N-dealkylation sites (tertiary alicyclic amines) is 1. The number of aromatic nitrogens is 3. The average Bonchev–Trinajstić information content (AvgIpc) is 3.45. The third-order valence-corrected chi connectivity index (χ3v) is 5.36. The molecule has 2 aromatic heterocycles. The van der Waals surface area contributed by atoms with Crippen LogP contribution >= 0.6 is 0 Å². The van der Waals surface area contributed by atoms with Gasteiger partial charge in [-0.15, -0.1) is 0 Å². The number of benzene rings is 1. The van der Waals surface area contributed by atoms with E-state index in [-0.39, 0.29) is 24.3 Å². The SMILES string of the molecule is CN(C)CC=CC(=O)N1CC[C@@H](Nc2ncnc3[nH]c(C#CCOc4ccccc4F)cc23)C1. The summed E-state index contributed by atoms with van der Waals surface area (Å²) in [5, 5.41) is 4.26. The van der Waals surface area contributed by atoms with Gasteiger partial charge in [0.1, 0.15) is 24.4 Å². The maximum atomic E-state index is 13.6. The highest BCUT2D eigenvalue weighted by Gasteiger charge is 2.25. The van der Waals surface area contributed by atoms with Gasteiger partial charge in [0.2, 0.25) is 5.91 Å². The van der Waals surface area contributed by atoms with Gasteiger partial charge >= 0.3 is 0 Å². The molecule has 1 aliphatic heterocycles. The van der Waals surface area contributed by atoms with Crippen LogP contribution in [-0.4, -0.2) is 77.0 Å². The van der Waals surface area contributed by atoms with E-state index in [9.17, 15) is 9.18 Å². The van der Waals surface area contributed by atoms with Crippen LogP contribution in [0, 0.1) is 17.7 Å². The summed E-state index contributed by atoms with van der Waals surface area (Å²) in [7, 11) is 3.93. The smallest absolute Gasteiger partial charge is 0.246 e. The van der Waals surface area contributed by atoms with Crippen LogP contribution in [0.3, 0.4) is 0 Å². The minimum absolute atomic E-state index is 0.0239. The highest BCUT2D eigenvalue weighted by molar-refractivity contribution is 5.89. The molecule has 0 aliphatic carbocycles. The number of fused-ring (bicyclic) bond motifs is 1. The Bertz CT molecular complexity index is 1240. The summed E-state index contributed by atoms with van der Waals surface area (Å²) in [5.74, 6) is 6.33. The summed E-state index contributed by atoms with van der Waals surface area (Å²) >= 11 is 0. The van der Waals surface area contributed by atoms with Gasteiger partial charge in [0.05, 0.1) is 11.1 Å². The summed E-state index contributed by atoms with van der Waals surface area (Å²) in [6, 6.07) is 8.19. The van der Waals surface area contributed by atoms with E-state index in [0.29, 0.717) is 30.2 Å². The lowest BCUT2D eigenvalue weighted by Gasteiger charge is -2.16. The van der Waals surface area contributed by atoms with E-state index in [4.69, 9.17) is 4.74 Å². The van der Waals surface area contributed by atoms with E-state index < -0.39 is 5.82 Å². The highest BCUT2D eigenvalue weighted by atomic mass is 19.1. The zero-order valence-corrected chi connectivity index (χ0v) is 19.2. The van der Waals surface area contributed by atoms with Crippen molar-refractivity contribution in [1.82, 2.24) is 24.8 Å². The molecule has 1 atom stereocenters. The minimum Gasteiger partial charge on any atom is -0.478 e. The Morgan fingerprint density at radius 3 is 3.06 bits per heavy atom. The first-order chi connectivity index (χ1) is 16.5. The van der Waals surface area contributed by atoms with Crippen LogP contribution in [-0.2, 0) is 4.79 Å². The summed E-state index contributed by atoms with van der Waals surface area (Å²) in [4.78, 5) is 28.1. The molecule has 3 heterocycles. The summed E-state index contributed by atoms with van der Waals surface area (Å²) in [5.41, 5.74) is 1.32. The maximum absolute atomic E-state index is 13.6. The average molecular weight is 463 g/mol. The predicted octanol–water partition coefficient (Wildman–Crippen LogP) is 2.66. The monoisotopic (exact) mass is 462 g/mol. The fourth-order valence-electron chi connectivity index (χ4n) is 3.67. The lowest BCUT2D eigenvalue weighted by atomic mass is 10.2. The standard InChI is InChI=1S/C25H27FN6O2/c1-31(2)12-5-10-23(33)32-13-11-19(16-32)30-25-20-15-18(29-24(20)27-17-28-25)7-6-14-34-22-9-4-3-8-21(22)26/h3-5,8-10,15,17,19H,11-14,16H2,1-2H3,(H2,27,28,29,30)/t19-/m1/s1. The number of H-pyrrole nitrogens is 1. The molecule has 0 radical (unpaired) electrons. The maximum Gasteiger partial charge on any atom is 0.246 e. The largest absolute Gasteiger partial charge is 0.478 e. The lowest BCUT2D eigenvalue weighted by molar-refractivity contribution is -0.125. The second kappa shape index (κ2) is 10.8. The number of amides is 1. The van der Waals surface area contributed by atoms with Crippen molar-refractivity contribution in [3.05, 3.63) is 60.3 Å². The Morgan fingerprint density at radius 2 is 2.24 bits per heavy atom. The van der Waals surface area contributed by atoms with Gasteiger partial charge in [-0.25, -0.2) is 14.4 Å². The number of hydrogen-bond acceptors (Lipinski definition) is 6. The van der Waals surface area contributed by atoms with Gasteiger partial charge in [0, 0.05) is 31.8 Å². The summed E-state index contributed by atoms with van der Waals surface area (Å²) < 4.78 is 19.0. The van der Waals surface area contributed by atoms with Crippen molar-refractivity contribution in [2.45, 2.75) is 12.5 Å². The molecule has 8 nitrogen and oxygen atoms in total. The van der Waals surface area contributed by atoms with Crippen LogP contribution in [0.1, 0.15) is 12.1 Å². The third kappa shape index (κ3) is 5.91. The molecule has 176 valence electrons. The molecule has 1 amide bonds. The Kier molecular flexibility index (Phi) is 7.40. The number of likely N-dealkylation sites (N-methyl/N-ethyl adjacent to an activating group) is 1. The molecule has 34 heavy (non-hydrogen) atoms. The van der Waals surface area contributed by atoms with Gasteiger partial charge < -0.3 is 24.8 Å². The van der Waals surface area contributed by atoms with Gasteiger partial charge in [-0.2, -0.15) is 0 Å². The number of rotatable bonds is 7. The molecular weight excluding hydrogens is 435 g/mol. The van der Waals surface area contributed by atoms with Gasteiger partial charge in [-0.1, -0.05) is 24.1 Å². The molecule has 0 spiro atoms. The quantitative estimate of drug-likeness (QED) is 0.415. The Balaban J connectivity index is 1.37. The lowest BCUT2D eigenvalue weighted by Crippen LogP contribution is -2.30. The van der Waals surface area contributed by atoms with Gasteiger partial charge in [0.15, 0.2) is 11.6 Å². The number of ether oxygens (including phenoxy) is 1. The van der Waals surface area contributed by atoms with Gasteiger partial charge in [-0.3, -0.25) is 4.79 Å². The number of nitrogens with zero attached hydrogens (tertiary/aromatic N) is 4. The molecule has 0 unspecified atom stereocenters. The van der Waals surface area contributed by atoms with Crippen LogP contribution < -0.4 is 10.1 Å². The fourth-order valence-corrected chi connectivity index (χ4v) is 3.67. The number of carbonyl (C=O) groups excluding carboxylic acids is 1. The predicted molar refractivity (Wildman–Crippen MR) is 129 cm³/mol. The molecule has 9 heteroatoms. The van der Waals surface area contributed by atoms with E-state index in [2.05, 4.69) is 32.1 Å². The number of para-hydroxylation sites is 1. The Hall–Kier alpha value is -3.90. The number of aromatic amines is 1. The van der Waals surface area contributed by atoms with Gasteiger partial charge in [0.25, 0.3) is 0 Å². The van der Waals surface area contributed by atoms with Crippen molar-refractivity contribution in [2.24, 2.45) is 0 Å². The number of hydrogen-bond donors (Lipinski definition) is 2. The van der Waals surface area contributed by atoms with Crippen molar-refractivity contribution >= 4 is 22.8 Å². The number of carbonyl (C=O) groups is 1. The first kappa shape index (κ1) is 23.3. The zero-order valence-electron chi connectivity index (χ0n) is 19.2. The fraction of sp³-hybridized carbons (Fsp3) is 0.320. The number of nitrogens with one attached hydrogen (secondary N) is 2. The molecule has 1 fully saturated rings. The van der Waals surface area contributed by atoms with E-state index >= 15 is 0 Å². The third-order valence-electron chi connectivity index (χ3n) is 5.36. The van der Waals surface area contributed by atoms with Crippen LogP contribution in [0.4, 0.5) is 10.2 Å². The van der Waals surface area contributed by atoms with Crippen molar-refractivity contribution in [3.8, 4) is 17.6 Å². The Labute approximate surface area is 197 Å².